The maximum atomic E-state index is 13.6. The van der Waals surface area contributed by atoms with Gasteiger partial charge >= 0.3 is 0 Å². The molecule has 0 N–H and O–H groups in total. The van der Waals surface area contributed by atoms with E-state index in [1.165, 1.54) is 6.07 Å². The molecule has 118 valence electrons. The van der Waals surface area contributed by atoms with Gasteiger partial charge in [-0.1, -0.05) is 42.5 Å². The van der Waals surface area contributed by atoms with E-state index in [0.717, 1.165) is 33.4 Å². The van der Waals surface area contributed by atoms with E-state index in [2.05, 4.69) is 33.8 Å². The number of hydrogen-bond donors (Lipinski definition) is 0. The van der Waals surface area contributed by atoms with Crippen LogP contribution in [0.5, 0.6) is 0 Å². The summed E-state index contributed by atoms with van der Waals surface area (Å²) in [7, 11) is 0. The number of nitrogens with zero attached hydrogens (tertiary/aromatic N) is 2. The monoisotopic (exact) mass is 316 g/mol. The van der Waals surface area contributed by atoms with Gasteiger partial charge in [-0.15, -0.1) is 0 Å². The lowest BCUT2D eigenvalue weighted by Gasteiger charge is -2.11. The van der Waals surface area contributed by atoms with Crippen LogP contribution in [0.2, 0.25) is 0 Å². The summed E-state index contributed by atoms with van der Waals surface area (Å²) in [4.78, 5) is 4.61. The molecule has 24 heavy (non-hydrogen) atoms. The summed E-state index contributed by atoms with van der Waals surface area (Å²) in [5, 5.41) is 1.10. The molecule has 4 aromatic rings. The predicted octanol–water partition coefficient (Wildman–Crippen LogP) is 5.20. The molecule has 0 amide bonds. The van der Waals surface area contributed by atoms with E-state index in [-0.39, 0.29) is 5.82 Å². The Morgan fingerprint density at radius 1 is 0.958 bits per heavy atom. The molecule has 0 atom stereocenters. The van der Waals surface area contributed by atoms with Gasteiger partial charge in [-0.2, -0.15) is 0 Å². The maximum absolute atomic E-state index is 13.6. The topological polar surface area (TPSA) is 17.8 Å². The number of pyridine rings is 1. The molecule has 2 heterocycles. The first kappa shape index (κ1) is 14.6. The third kappa shape index (κ3) is 2.69. The average Bonchev–Trinajstić information content (AvgIpc) is 2.93. The third-order valence-corrected chi connectivity index (χ3v) is 4.17. The van der Waals surface area contributed by atoms with Crippen LogP contribution in [0.25, 0.3) is 22.3 Å². The number of aromatic nitrogens is 2. The first-order valence-corrected chi connectivity index (χ1v) is 7.96. The van der Waals surface area contributed by atoms with Crippen molar-refractivity contribution in [3.63, 3.8) is 0 Å². The minimum Gasteiger partial charge on any atom is -0.321 e. The molecule has 4 rings (SSSR count). The number of hydrogen-bond acceptors (Lipinski definition) is 1. The minimum absolute atomic E-state index is 0.214. The van der Waals surface area contributed by atoms with Crippen LogP contribution in [0.15, 0.2) is 72.9 Å². The van der Waals surface area contributed by atoms with Crippen molar-refractivity contribution in [1.29, 1.82) is 0 Å². The second-order valence-electron chi connectivity index (χ2n) is 6.04. The summed E-state index contributed by atoms with van der Waals surface area (Å²) in [6.07, 6.45) is 1.87. The van der Waals surface area contributed by atoms with Crippen LogP contribution in [0, 0.1) is 12.7 Å². The van der Waals surface area contributed by atoms with Crippen LogP contribution in [-0.4, -0.2) is 9.55 Å². The smallest absolute Gasteiger partial charge is 0.140 e. The van der Waals surface area contributed by atoms with E-state index in [4.69, 9.17) is 0 Å². The zero-order chi connectivity index (χ0) is 16.5. The Morgan fingerprint density at radius 2 is 1.79 bits per heavy atom. The Morgan fingerprint density at radius 3 is 2.58 bits per heavy atom. The third-order valence-electron chi connectivity index (χ3n) is 4.17. The van der Waals surface area contributed by atoms with Crippen LogP contribution in [0.1, 0.15) is 11.1 Å². The lowest BCUT2D eigenvalue weighted by atomic mass is 10.1. The summed E-state index contributed by atoms with van der Waals surface area (Å²) in [5.41, 5.74) is 5.19. The zero-order valence-corrected chi connectivity index (χ0v) is 13.4. The molecule has 0 saturated heterocycles. The van der Waals surface area contributed by atoms with Crippen molar-refractivity contribution in [2.75, 3.05) is 0 Å². The van der Waals surface area contributed by atoms with Crippen LogP contribution in [0.3, 0.4) is 0 Å². The quantitative estimate of drug-likeness (QED) is 0.508. The Balaban J connectivity index is 1.91. The van der Waals surface area contributed by atoms with Gasteiger partial charge in [0.15, 0.2) is 0 Å². The number of benzene rings is 2. The summed E-state index contributed by atoms with van der Waals surface area (Å²) in [5.74, 6) is -0.214. The van der Waals surface area contributed by atoms with E-state index in [1.807, 2.05) is 37.4 Å². The fraction of sp³-hybridized carbons (Fsp3) is 0.0952. The molecular weight excluding hydrogens is 299 g/mol. The highest BCUT2D eigenvalue weighted by Crippen LogP contribution is 2.28. The van der Waals surface area contributed by atoms with Crippen molar-refractivity contribution in [2.24, 2.45) is 0 Å². The van der Waals surface area contributed by atoms with Crippen LogP contribution < -0.4 is 0 Å². The molecule has 0 spiro atoms. The van der Waals surface area contributed by atoms with Crippen molar-refractivity contribution in [3.05, 3.63) is 89.9 Å². The molecule has 0 radical (unpaired) electrons. The molecule has 0 unspecified atom stereocenters. The second-order valence-corrected chi connectivity index (χ2v) is 6.04. The fourth-order valence-corrected chi connectivity index (χ4v) is 3.08. The molecule has 2 aromatic carbocycles. The molecule has 0 aliphatic heterocycles. The lowest BCUT2D eigenvalue weighted by molar-refractivity contribution is 0.624. The van der Waals surface area contributed by atoms with Crippen molar-refractivity contribution >= 4 is 11.0 Å². The Bertz CT molecular complexity index is 1000. The normalized spacial score (nSPS) is 11.1. The van der Waals surface area contributed by atoms with Gasteiger partial charge in [0.1, 0.15) is 11.5 Å². The summed E-state index contributed by atoms with van der Waals surface area (Å²) in [6, 6.07) is 21.3. The number of aryl methyl sites for hydroxylation is 1. The average molecular weight is 316 g/mol. The van der Waals surface area contributed by atoms with E-state index < -0.39 is 0 Å². The van der Waals surface area contributed by atoms with Gasteiger partial charge in [-0.05, 0) is 47.9 Å². The van der Waals surface area contributed by atoms with Gasteiger partial charge in [0, 0.05) is 18.1 Å². The Hall–Kier alpha value is -2.94. The number of rotatable bonds is 3. The van der Waals surface area contributed by atoms with Gasteiger partial charge in [-0.25, -0.2) is 9.37 Å². The molecule has 2 nitrogen and oxygen atoms in total. The molecule has 0 aliphatic rings. The second kappa shape index (κ2) is 5.93. The molecule has 3 heteroatoms. The molecule has 0 bridgehead atoms. The van der Waals surface area contributed by atoms with Gasteiger partial charge in [-0.3, -0.25) is 0 Å². The van der Waals surface area contributed by atoms with Gasteiger partial charge in [0.25, 0.3) is 0 Å². The first-order chi connectivity index (χ1) is 11.7. The predicted molar refractivity (Wildman–Crippen MR) is 95.4 cm³/mol. The first-order valence-electron chi connectivity index (χ1n) is 7.96. The van der Waals surface area contributed by atoms with Crippen LogP contribution in [0.4, 0.5) is 4.39 Å². The van der Waals surface area contributed by atoms with E-state index in [1.54, 1.807) is 12.1 Å². The van der Waals surface area contributed by atoms with E-state index >= 15 is 0 Å². The molecule has 0 aliphatic carbocycles. The highest BCUT2D eigenvalue weighted by Gasteiger charge is 2.12. The summed E-state index contributed by atoms with van der Waals surface area (Å²) < 4.78 is 15.7. The summed E-state index contributed by atoms with van der Waals surface area (Å²) >= 11 is 0. The molecule has 0 saturated carbocycles. The van der Waals surface area contributed by atoms with Crippen LogP contribution in [-0.2, 0) is 6.54 Å². The molecule has 0 fully saturated rings. The number of halogens is 1. The largest absolute Gasteiger partial charge is 0.321 e. The maximum Gasteiger partial charge on any atom is 0.140 e. The van der Waals surface area contributed by atoms with Crippen molar-refractivity contribution in [2.45, 2.75) is 13.5 Å². The van der Waals surface area contributed by atoms with Gasteiger partial charge in [0.2, 0.25) is 0 Å². The standard InChI is InChI=1S/C21H17FN2/c1-15-10-18-12-20(17-7-3-2-4-8-17)24(21(18)23-13-15)14-16-6-5-9-19(22)11-16/h2-13H,14H2,1H3. The highest BCUT2D eigenvalue weighted by atomic mass is 19.1. The number of fused-ring (bicyclic) bond motifs is 1. The van der Waals surface area contributed by atoms with Gasteiger partial charge in [0.05, 0.1) is 5.69 Å². The lowest BCUT2D eigenvalue weighted by Crippen LogP contribution is -2.03. The van der Waals surface area contributed by atoms with Crippen molar-refractivity contribution in [3.8, 4) is 11.3 Å². The van der Waals surface area contributed by atoms with Crippen molar-refractivity contribution in [1.82, 2.24) is 9.55 Å². The van der Waals surface area contributed by atoms with Crippen molar-refractivity contribution < 1.29 is 4.39 Å². The highest BCUT2D eigenvalue weighted by molar-refractivity contribution is 5.84. The SMILES string of the molecule is Cc1cnc2c(c1)cc(-c1ccccc1)n2Cc1cccc(F)c1. The van der Waals surface area contributed by atoms with Crippen LogP contribution >= 0.6 is 0 Å². The van der Waals surface area contributed by atoms with E-state index in [0.29, 0.717) is 6.54 Å². The molecule has 2 aromatic heterocycles. The fourth-order valence-electron chi connectivity index (χ4n) is 3.08. The van der Waals surface area contributed by atoms with E-state index in [9.17, 15) is 4.39 Å². The molecular formula is C21H17FN2. The van der Waals surface area contributed by atoms with Gasteiger partial charge < -0.3 is 4.57 Å². The zero-order valence-electron chi connectivity index (χ0n) is 13.4. The minimum atomic E-state index is -0.214. The Kier molecular flexibility index (Phi) is 3.62. The Labute approximate surface area is 140 Å². The summed E-state index contributed by atoms with van der Waals surface area (Å²) in [6.45, 7) is 2.63.